The van der Waals surface area contributed by atoms with E-state index < -0.39 is 5.97 Å². The van der Waals surface area contributed by atoms with Gasteiger partial charge in [0.15, 0.2) is 0 Å². The highest BCUT2D eigenvalue weighted by Crippen LogP contribution is 2.21. The van der Waals surface area contributed by atoms with Gasteiger partial charge in [-0.3, -0.25) is 4.79 Å². The monoisotopic (exact) mass is 261 g/mol. The Morgan fingerprint density at radius 1 is 1.77 bits per heavy atom. The quantitative estimate of drug-likeness (QED) is 0.849. The fourth-order valence-corrected chi connectivity index (χ4v) is 1.93. The molecule has 0 amide bonds. The molecule has 0 unspecified atom stereocenters. The zero-order chi connectivity index (χ0) is 9.84. The predicted octanol–water partition coefficient (Wildman–Crippen LogP) is 2.33. The molecule has 13 heavy (non-hydrogen) atoms. The minimum absolute atomic E-state index is 0.0511. The van der Waals surface area contributed by atoms with Crippen molar-refractivity contribution in [2.75, 3.05) is 5.75 Å². The van der Waals surface area contributed by atoms with E-state index in [-0.39, 0.29) is 5.75 Å². The van der Waals surface area contributed by atoms with E-state index in [1.807, 2.05) is 13.0 Å². The summed E-state index contributed by atoms with van der Waals surface area (Å²) >= 11 is 4.52. The number of carboxylic acid groups (broad SMARTS) is 1. The second-order valence-corrected chi connectivity index (χ2v) is 4.34. The third kappa shape index (κ3) is 3.36. The molecule has 0 aliphatic heterocycles. The van der Waals surface area contributed by atoms with E-state index in [2.05, 4.69) is 20.9 Å². The lowest BCUT2D eigenvalue weighted by Crippen LogP contribution is -1.98. The van der Waals surface area contributed by atoms with Gasteiger partial charge in [0.1, 0.15) is 0 Å². The van der Waals surface area contributed by atoms with E-state index in [1.54, 1.807) is 6.20 Å². The summed E-state index contributed by atoms with van der Waals surface area (Å²) in [6, 6.07) is 1.91. The lowest BCUT2D eigenvalue weighted by molar-refractivity contribution is -0.133. The van der Waals surface area contributed by atoms with Crippen LogP contribution in [0.25, 0.3) is 0 Å². The van der Waals surface area contributed by atoms with Crippen LogP contribution in [0.4, 0.5) is 0 Å². The Balaban J connectivity index is 2.72. The van der Waals surface area contributed by atoms with Gasteiger partial charge in [-0.1, -0.05) is 11.8 Å². The fraction of sp³-hybridized carbons (Fsp3) is 0.250. The van der Waals surface area contributed by atoms with E-state index in [9.17, 15) is 4.79 Å². The maximum absolute atomic E-state index is 10.3. The first-order chi connectivity index (χ1) is 6.09. The van der Waals surface area contributed by atoms with Crippen LogP contribution in [0.1, 0.15) is 5.56 Å². The molecular weight excluding hydrogens is 254 g/mol. The highest BCUT2D eigenvalue weighted by atomic mass is 79.9. The third-order valence-electron chi connectivity index (χ3n) is 1.33. The van der Waals surface area contributed by atoms with Gasteiger partial charge in [0.25, 0.3) is 0 Å². The van der Waals surface area contributed by atoms with Gasteiger partial charge in [0.2, 0.25) is 0 Å². The van der Waals surface area contributed by atoms with Gasteiger partial charge < -0.3 is 5.11 Å². The largest absolute Gasteiger partial charge is 0.481 e. The van der Waals surface area contributed by atoms with E-state index >= 15 is 0 Å². The zero-order valence-corrected chi connectivity index (χ0v) is 9.35. The van der Waals surface area contributed by atoms with Crippen LogP contribution in [0, 0.1) is 6.92 Å². The van der Waals surface area contributed by atoms with Crippen molar-refractivity contribution in [3.8, 4) is 0 Å². The summed E-state index contributed by atoms with van der Waals surface area (Å²) in [6.45, 7) is 1.90. The van der Waals surface area contributed by atoms with Gasteiger partial charge in [-0.15, -0.1) is 0 Å². The number of rotatable bonds is 3. The maximum Gasteiger partial charge on any atom is 0.313 e. The number of nitrogens with zero attached hydrogens (tertiary/aromatic N) is 1. The predicted molar refractivity (Wildman–Crippen MR) is 55.0 cm³/mol. The van der Waals surface area contributed by atoms with Gasteiger partial charge in [-0.05, 0) is 34.5 Å². The molecule has 1 aromatic heterocycles. The number of hydrogen-bond acceptors (Lipinski definition) is 3. The van der Waals surface area contributed by atoms with Crippen LogP contribution in [0.2, 0.25) is 0 Å². The molecule has 0 aromatic carbocycles. The molecule has 1 heterocycles. The smallest absolute Gasteiger partial charge is 0.313 e. The van der Waals surface area contributed by atoms with Crippen LogP contribution in [0.3, 0.4) is 0 Å². The van der Waals surface area contributed by atoms with Crippen LogP contribution in [0.15, 0.2) is 21.8 Å². The molecule has 0 saturated carbocycles. The first-order valence-electron chi connectivity index (χ1n) is 3.56. The molecule has 3 nitrogen and oxygen atoms in total. The average molecular weight is 262 g/mol. The molecule has 5 heteroatoms. The number of thioether (sulfide) groups is 1. The highest BCUT2D eigenvalue weighted by molar-refractivity contribution is 9.10. The third-order valence-corrected chi connectivity index (χ3v) is 2.86. The summed E-state index contributed by atoms with van der Waals surface area (Å²) < 4.78 is 0.907. The molecule has 0 aliphatic rings. The summed E-state index contributed by atoms with van der Waals surface area (Å²) in [6.07, 6.45) is 1.66. The van der Waals surface area contributed by atoms with E-state index in [1.165, 1.54) is 11.8 Å². The van der Waals surface area contributed by atoms with E-state index in [0.717, 1.165) is 15.1 Å². The van der Waals surface area contributed by atoms with Crippen LogP contribution in [-0.2, 0) is 4.79 Å². The van der Waals surface area contributed by atoms with Gasteiger partial charge in [-0.25, -0.2) is 4.98 Å². The Kier molecular flexibility index (Phi) is 3.74. The van der Waals surface area contributed by atoms with Crippen molar-refractivity contribution >= 4 is 33.7 Å². The van der Waals surface area contributed by atoms with Gasteiger partial charge in [0, 0.05) is 10.7 Å². The second kappa shape index (κ2) is 4.62. The molecule has 1 rings (SSSR count). The van der Waals surface area contributed by atoms with Crippen molar-refractivity contribution < 1.29 is 9.90 Å². The van der Waals surface area contributed by atoms with Crippen LogP contribution < -0.4 is 0 Å². The first kappa shape index (κ1) is 10.5. The molecule has 0 radical (unpaired) electrons. The Morgan fingerprint density at radius 3 is 3.00 bits per heavy atom. The van der Waals surface area contributed by atoms with Gasteiger partial charge >= 0.3 is 5.97 Å². The average Bonchev–Trinajstić information content (AvgIpc) is 2.02. The number of hydrogen-bond donors (Lipinski definition) is 1. The number of carboxylic acids is 1. The molecule has 0 aliphatic carbocycles. The number of halogens is 1. The molecule has 0 saturated heterocycles. The van der Waals surface area contributed by atoms with Crippen molar-refractivity contribution in [1.29, 1.82) is 0 Å². The molecule has 1 N–H and O–H groups in total. The lowest BCUT2D eigenvalue weighted by atomic mass is 10.3. The summed E-state index contributed by atoms with van der Waals surface area (Å²) in [7, 11) is 0. The molecule has 0 atom stereocenters. The highest BCUT2D eigenvalue weighted by Gasteiger charge is 2.04. The molecule has 70 valence electrons. The van der Waals surface area contributed by atoms with Gasteiger partial charge in [0.05, 0.1) is 10.8 Å². The van der Waals surface area contributed by atoms with Crippen molar-refractivity contribution in [2.45, 2.75) is 11.9 Å². The molecular formula is C8H8BrNO2S. The molecule has 0 fully saturated rings. The minimum atomic E-state index is -0.825. The van der Waals surface area contributed by atoms with E-state index in [4.69, 9.17) is 5.11 Å². The Labute approximate surface area is 88.7 Å². The van der Waals surface area contributed by atoms with E-state index in [0.29, 0.717) is 0 Å². The normalized spacial score (nSPS) is 10.0. The zero-order valence-electron chi connectivity index (χ0n) is 6.95. The molecule has 0 bridgehead atoms. The van der Waals surface area contributed by atoms with Crippen molar-refractivity contribution in [2.24, 2.45) is 0 Å². The second-order valence-electron chi connectivity index (χ2n) is 2.46. The van der Waals surface area contributed by atoms with Crippen LogP contribution in [-0.4, -0.2) is 21.8 Å². The summed E-state index contributed by atoms with van der Waals surface area (Å²) in [5.74, 6) is -0.774. The number of aliphatic carboxylic acids is 1. The van der Waals surface area contributed by atoms with Gasteiger partial charge in [-0.2, -0.15) is 0 Å². The minimum Gasteiger partial charge on any atom is -0.481 e. The Hall–Kier alpha value is -0.550. The molecule has 1 aromatic rings. The van der Waals surface area contributed by atoms with Crippen LogP contribution in [0.5, 0.6) is 0 Å². The maximum atomic E-state index is 10.3. The van der Waals surface area contributed by atoms with Crippen molar-refractivity contribution in [3.63, 3.8) is 0 Å². The summed E-state index contributed by atoms with van der Waals surface area (Å²) in [5, 5.41) is 9.23. The Bertz CT molecular complexity index is 330. The number of aryl methyl sites for hydroxylation is 1. The number of pyridine rings is 1. The summed E-state index contributed by atoms with van der Waals surface area (Å²) in [5.41, 5.74) is 0.987. The summed E-state index contributed by atoms with van der Waals surface area (Å²) in [4.78, 5) is 14.4. The lowest BCUT2D eigenvalue weighted by Gasteiger charge is -2.02. The van der Waals surface area contributed by atoms with Crippen molar-refractivity contribution in [1.82, 2.24) is 4.98 Å². The number of aromatic nitrogens is 1. The van der Waals surface area contributed by atoms with Crippen molar-refractivity contribution in [3.05, 3.63) is 22.3 Å². The van der Waals surface area contributed by atoms with Crippen LogP contribution >= 0.6 is 27.7 Å². The number of carbonyl (C=O) groups is 1. The fourth-order valence-electron chi connectivity index (χ4n) is 0.809. The topological polar surface area (TPSA) is 50.2 Å². The Morgan fingerprint density at radius 2 is 2.46 bits per heavy atom. The SMILES string of the molecule is Cc1cc(Br)cnc1SCC(=O)O. The first-order valence-corrected chi connectivity index (χ1v) is 5.34. The standard InChI is InChI=1S/C8H8BrNO2S/c1-5-2-6(9)3-10-8(5)13-4-7(11)12/h2-3H,4H2,1H3,(H,11,12). The molecule has 0 spiro atoms.